The quantitative estimate of drug-likeness (QED) is 0.275. The van der Waals surface area contributed by atoms with E-state index in [-0.39, 0.29) is 11.7 Å². The predicted octanol–water partition coefficient (Wildman–Crippen LogP) is 4.95. The summed E-state index contributed by atoms with van der Waals surface area (Å²) in [5, 5.41) is 8.18. The molecular weight excluding hydrogens is 394 g/mol. The fraction of sp³-hybridized carbons (Fsp3) is 0.125. The van der Waals surface area contributed by atoms with E-state index in [4.69, 9.17) is 4.74 Å². The van der Waals surface area contributed by atoms with Gasteiger partial charge in [0.25, 0.3) is 0 Å². The van der Waals surface area contributed by atoms with Crippen LogP contribution in [-0.4, -0.2) is 30.0 Å². The summed E-state index contributed by atoms with van der Waals surface area (Å²) in [5.74, 6) is 0.745. The molecule has 0 aliphatic heterocycles. The van der Waals surface area contributed by atoms with Crippen molar-refractivity contribution in [2.24, 2.45) is 5.10 Å². The molecule has 4 aromatic rings. The van der Waals surface area contributed by atoms with Crippen molar-refractivity contribution in [1.29, 1.82) is 0 Å². The minimum atomic E-state index is -0.192. The predicted molar refractivity (Wildman–Crippen MR) is 123 cm³/mol. The van der Waals surface area contributed by atoms with Gasteiger partial charge in [0.2, 0.25) is 5.91 Å². The van der Waals surface area contributed by atoms with Crippen molar-refractivity contribution in [1.82, 2.24) is 10.4 Å². The van der Waals surface area contributed by atoms with Crippen LogP contribution in [0.25, 0.3) is 21.7 Å². The van der Waals surface area contributed by atoms with Crippen molar-refractivity contribution < 1.29 is 9.53 Å². The standard InChI is InChI=1S/C24H21N3O2S/c1-16-13-24(26-21-10-6-5-8-18(16)21)30-15-23(28)27-25-14-20-19-9-4-3-7-17(19)11-12-22(20)29-2/h3-14H,15H2,1-2H3,(H,27,28). The van der Waals surface area contributed by atoms with E-state index in [9.17, 15) is 4.79 Å². The van der Waals surface area contributed by atoms with Crippen LogP contribution in [0.15, 0.2) is 76.9 Å². The number of benzene rings is 3. The highest BCUT2D eigenvalue weighted by atomic mass is 32.2. The maximum atomic E-state index is 12.3. The molecule has 0 saturated heterocycles. The molecule has 30 heavy (non-hydrogen) atoms. The van der Waals surface area contributed by atoms with Crippen molar-refractivity contribution >= 4 is 45.6 Å². The lowest BCUT2D eigenvalue weighted by Gasteiger charge is -2.08. The topological polar surface area (TPSA) is 63.6 Å². The van der Waals surface area contributed by atoms with E-state index in [0.717, 1.165) is 37.8 Å². The summed E-state index contributed by atoms with van der Waals surface area (Å²) in [6, 6.07) is 21.9. The summed E-state index contributed by atoms with van der Waals surface area (Å²) in [6.07, 6.45) is 1.63. The number of aryl methyl sites for hydroxylation is 1. The largest absolute Gasteiger partial charge is 0.496 e. The van der Waals surface area contributed by atoms with Crippen LogP contribution in [0.2, 0.25) is 0 Å². The Kier molecular flexibility index (Phi) is 5.95. The fourth-order valence-electron chi connectivity index (χ4n) is 3.32. The highest BCUT2D eigenvalue weighted by molar-refractivity contribution is 7.99. The smallest absolute Gasteiger partial charge is 0.250 e. The number of hydrogen-bond acceptors (Lipinski definition) is 5. The Morgan fingerprint density at radius 1 is 1.10 bits per heavy atom. The van der Waals surface area contributed by atoms with E-state index in [1.165, 1.54) is 11.8 Å². The zero-order valence-corrected chi connectivity index (χ0v) is 17.6. The Balaban J connectivity index is 1.43. The average Bonchev–Trinajstić information content (AvgIpc) is 2.78. The number of nitrogens with one attached hydrogen (secondary N) is 1. The second-order valence-corrected chi connectivity index (χ2v) is 7.77. The SMILES string of the molecule is COc1ccc2ccccc2c1C=NNC(=O)CSc1cc(C)c2ccccc2n1. The van der Waals surface area contributed by atoms with Gasteiger partial charge in [-0.1, -0.05) is 60.3 Å². The number of rotatable bonds is 6. The van der Waals surface area contributed by atoms with E-state index in [2.05, 4.69) is 28.5 Å². The van der Waals surface area contributed by atoms with Crippen LogP contribution in [0.3, 0.4) is 0 Å². The van der Waals surface area contributed by atoms with Crippen LogP contribution in [-0.2, 0) is 4.79 Å². The summed E-state index contributed by atoms with van der Waals surface area (Å²) < 4.78 is 5.45. The molecule has 0 bridgehead atoms. The molecule has 3 aromatic carbocycles. The molecule has 6 heteroatoms. The van der Waals surface area contributed by atoms with Gasteiger partial charge in [0.15, 0.2) is 0 Å². The van der Waals surface area contributed by atoms with Gasteiger partial charge >= 0.3 is 0 Å². The number of fused-ring (bicyclic) bond motifs is 2. The number of carbonyl (C=O) groups excluding carboxylic acids is 1. The van der Waals surface area contributed by atoms with E-state index in [0.29, 0.717) is 5.75 Å². The third-order valence-corrected chi connectivity index (χ3v) is 5.70. The minimum absolute atomic E-state index is 0.192. The monoisotopic (exact) mass is 415 g/mol. The van der Waals surface area contributed by atoms with Crippen molar-refractivity contribution in [2.75, 3.05) is 12.9 Å². The van der Waals surface area contributed by atoms with Crippen molar-refractivity contribution in [3.63, 3.8) is 0 Å². The number of pyridine rings is 1. The second-order valence-electron chi connectivity index (χ2n) is 6.78. The van der Waals surface area contributed by atoms with Crippen LogP contribution >= 0.6 is 11.8 Å². The lowest BCUT2D eigenvalue weighted by molar-refractivity contribution is -0.118. The number of aromatic nitrogens is 1. The summed E-state index contributed by atoms with van der Waals surface area (Å²) in [4.78, 5) is 16.9. The Labute approximate surface area is 179 Å². The van der Waals surface area contributed by atoms with Crippen LogP contribution in [0.5, 0.6) is 5.75 Å². The van der Waals surface area contributed by atoms with Crippen molar-refractivity contribution in [3.8, 4) is 5.75 Å². The lowest BCUT2D eigenvalue weighted by Crippen LogP contribution is -2.19. The maximum absolute atomic E-state index is 12.3. The molecule has 5 nitrogen and oxygen atoms in total. The first-order valence-corrected chi connectivity index (χ1v) is 10.5. The molecule has 150 valence electrons. The summed E-state index contributed by atoms with van der Waals surface area (Å²) >= 11 is 1.39. The normalized spacial score (nSPS) is 11.3. The Morgan fingerprint density at radius 3 is 2.70 bits per heavy atom. The molecule has 1 heterocycles. The first-order chi connectivity index (χ1) is 14.7. The fourth-order valence-corrected chi connectivity index (χ4v) is 4.09. The van der Waals surface area contributed by atoms with Gasteiger partial charge in [0.1, 0.15) is 5.75 Å². The van der Waals surface area contributed by atoms with E-state index < -0.39 is 0 Å². The molecule has 0 saturated carbocycles. The third kappa shape index (κ3) is 4.28. The minimum Gasteiger partial charge on any atom is -0.496 e. The highest BCUT2D eigenvalue weighted by Gasteiger charge is 2.08. The molecule has 0 atom stereocenters. The van der Waals surface area contributed by atoms with E-state index in [1.807, 2.05) is 60.7 Å². The zero-order chi connectivity index (χ0) is 20.9. The highest BCUT2D eigenvalue weighted by Crippen LogP contribution is 2.26. The summed E-state index contributed by atoms with van der Waals surface area (Å²) in [7, 11) is 1.62. The molecule has 1 aromatic heterocycles. The summed E-state index contributed by atoms with van der Waals surface area (Å²) in [6.45, 7) is 2.05. The zero-order valence-electron chi connectivity index (χ0n) is 16.8. The number of hydrogen-bond donors (Lipinski definition) is 1. The second kappa shape index (κ2) is 8.97. The van der Waals surface area contributed by atoms with Gasteiger partial charge in [-0.05, 0) is 41.5 Å². The molecule has 0 aliphatic rings. The van der Waals surface area contributed by atoms with Gasteiger partial charge in [-0.2, -0.15) is 5.10 Å². The third-order valence-electron chi connectivity index (χ3n) is 4.78. The molecule has 1 amide bonds. The number of para-hydroxylation sites is 1. The van der Waals surface area contributed by atoms with Crippen molar-refractivity contribution in [2.45, 2.75) is 11.9 Å². The summed E-state index contributed by atoms with van der Waals surface area (Å²) in [5.41, 5.74) is 5.50. The molecule has 0 aliphatic carbocycles. The number of carbonyl (C=O) groups is 1. The first-order valence-electron chi connectivity index (χ1n) is 9.52. The Bertz CT molecular complexity index is 1250. The number of methoxy groups -OCH3 is 1. The van der Waals surface area contributed by atoms with Gasteiger partial charge in [0, 0.05) is 10.9 Å². The molecule has 0 radical (unpaired) electrons. The number of amides is 1. The Morgan fingerprint density at radius 2 is 1.87 bits per heavy atom. The molecule has 4 rings (SSSR count). The van der Waals surface area contributed by atoms with Gasteiger partial charge in [-0.3, -0.25) is 4.79 Å². The number of ether oxygens (including phenoxy) is 1. The van der Waals surface area contributed by atoms with Crippen LogP contribution < -0.4 is 10.2 Å². The lowest BCUT2D eigenvalue weighted by atomic mass is 10.0. The van der Waals surface area contributed by atoms with E-state index in [1.54, 1.807) is 13.3 Å². The molecule has 1 N–H and O–H groups in total. The van der Waals surface area contributed by atoms with Crippen LogP contribution in [0, 0.1) is 6.92 Å². The van der Waals surface area contributed by atoms with Crippen molar-refractivity contribution in [3.05, 3.63) is 77.9 Å². The Hall–Kier alpha value is -3.38. The number of nitrogens with zero attached hydrogens (tertiary/aromatic N) is 2. The van der Waals surface area contributed by atoms with Crippen LogP contribution in [0.4, 0.5) is 0 Å². The number of hydrazone groups is 1. The number of thioether (sulfide) groups is 1. The molecule has 0 spiro atoms. The van der Waals surface area contributed by atoms with Crippen LogP contribution in [0.1, 0.15) is 11.1 Å². The van der Waals surface area contributed by atoms with Gasteiger partial charge in [-0.15, -0.1) is 0 Å². The maximum Gasteiger partial charge on any atom is 0.250 e. The van der Waals surface area contributed by atoms with E-state index >= 15 is 0 Å². The molecule has 0 fully saturated rings. The van der Waals surface area contributed by atoms with Gasteiger partial charge in [-0.25, -0.2) is 10.4 Å². The van der Waals surface area contributed by atoms with Gasteiger partial charge < -0.3 is 4.74 Å². The van der Waals surface area contributed by atoms with Gasteiger partial charge in [0.05, 0.1) is 29.6 Å². The molecular formula is C24H21N3O2S. The average molecular weight is 416 g/mol. The first kappa shape index (κ1) is 19.9. The molecule has 0 unspecified atom stereocenters.